The number of anilines is 1. The second kappa shape index (κ2) is 7.48. The number of benzene rings is 1. The molecule has 1 fully saturated rings. The number of hydrogen-bond acceptors (Lipinski definition) is 6. The van der Waals surface area contributed by atoms with E-state index in [9.17, 15) is 19.2 Å². The van der Waals surface area contributed by atoms with E-state index in [4.69, 9.17) is 5.73 Å². The third-order valence-corrected chi connectivity index (χ3v) is 4.78. The van der Waals surface area contributed by atoms with E-state index in [1.807, 2.05) is 0 Å². The molecule has 3 rings (SSSR count). The number of fused-ring (bicyclic) bond motifs is 1. The Labute approximate surface area is 157 Å². The van der Waals surface area contributed by atoms with E-state index in [1.165, 1.54) is 0 Å². The number of rotatable bonds is 6. The molecule has 0 aliphatic carbocycles. The number of nitrogens with one attached hydrogen (secondary N) is 2. The zero-order valence-corrected chi connectivity index (χ0v) is 15.5. The zero-order valence-electron chi connectivity index (χ0n) is 15.5. The van der Waals surface area contributed by atoms with Crippen LogP contribution in [-0.2, 0) is 9.59 Å². The van der Waals surface area contributed by atoms with Gasteiger partial charge >= 0.3 is 0 Å². The molecule has 0 aromatic heterocycles. The lowest BCUT2D eigenvalue weighted by molar-refractivity contribution is -0.136. The van der Waals surface area contributed by atoms with Crippen molar-refractivity contribution in [2.45, 2.75) is 45.2 Å². The highest BCUT2D eigenvalue weighted by Gasteiger charge is 2.44. The Kier molecular flexibility index (Phi) is 5.27. The fourth-order valence-corrected chi connectivity index (χ4v) is 3.52. The Morgan fingerprint density at radius 1 is 1.19 bits per heavy atom. The molecule has 1 aromatic carbocycles. The van der Waals surface area contributed by atoms with Crippen molar-refractivity contribution in [1.29, 1.82) is 0 Å². The van der Waals surface area contributed by atoms with Crippen molar-refractivity contribution in [2.75, 3.05) is 11.9 Å². The van der Waals surface area contributed by atoms with Gasteiger partial charge in [-0.25, -0.2) is 0 Å². The molecule has 144 valence electrons. The van der Waals surface area contributed by atoms with Crippen LogP contribution in [0.25, 0.3) is 0 Å². The Balaban J connectivity index is 1.74. The molecule has 27 heavy (non-hydrogen) atoms. The van der Waals surface area contributed by atoms with Crippen LogP contribution in [0.15, 0.2) is 18.2 Å². The predicted octanol–water partition coefficient (Wildman–Crippen LogP) is 0.873. The van der Waals surface area contributed by atoms with Gasteiger partial charge in [0, 0.05) is 24.7 Å². The summed E-state index contributed by atoms with van der Waals surface area (Å²) in [5.41, 5.74) is 7.28. The molecule has 2 aliphatic rings. The van der Waals surface area contributed by atoms with E-state index < -0.39 is 29.7 Å². The number of carbonyl (C=O) groups is 4. The van der Waals surface area contributed by atoms with Crippen molar-refractivity contribution in [3.8, 4) is 0 Å². The van der Waals surface area contributed by atoms with Crippen molar-refractivity contribution < 1.29 is 19.2 Å². The fourth-order valence-electron chi connectivity index (χ4n) is 3.52. The first-order valence-corrected chi connectivity index (χ1v) is 9.13. The van der Waals surface area contributed by atoms with Gasteiger partial charge in [0.05, 0.1) is 11.1 Å². The minimum absolute atomic E-state index is 0.0180. The maximum Gasteiger partial charge on any atom is 0.262 e. The van der Waals surface area contributed by atoms with Crippen molar-refractivity contribution in [3.05, 3.63) is 29.3 Å². The average Bonchev–Trinajstić information content (AvgIpc) is 2.84. The largest absolute Gasteiger partial charge is 0.383 e. The van der Waals surface area contributed by atoms with Crippen LogP contribution in [0.3, 0.4) is 0 Å². The molecule has 0 spiro atoms. The van der Waals surface area contributed by atoms with E-state index in [0.29, 0.717) is 18.2 Å². The lowest BCUT2D eigenvalue weighted by Crippen LogP contribution is -2.54. The van der Waals surface area contributed by atoms with Crippen LogP contribution in [0.4, 0.5) is 5.69 Å². The lowest BCUT2D eigenvalue weighted by Gasteiger charge is -2.27. The summed E-state index contributed by atoms with van der Waals surface area (Å²) in [6, 6.07) is 3.95. The Bertz CT molecular complexity index is 805. The number of piperidine rings is 1. The summed E-state index contributed by atoms with van der Waals surface area (Å²) < 4.78 is 0. The molecule has 0 bridgehead atoms. The van der Waals surface area contributed by atoms with Crippen LogP contribution in [0.5, 0.6) is 0 Å². The van der Waals surface area contributed by atoms with Crippen molar-refractivity contribution in [3.63, 3.8) is 0 Å². The maximum absolute atomic E-state index is 12.8. The van der Waals surface area contributed by atoms with Crippen LogP contribution in [0.2, 0.25) is 0 Å². The topological polar surface area (TPSA) is 122 Å². The van der Waals surface area contributed by atoms with E-state index in [-0.39, 0.29) is 30.0 Å². The molecule has 8 heteroatoms. The van der Waals surface area contributed by atoms with Gasteiger partial charge in [0.2, 0.25) is 11.8 Å². The smallest absolute Gasteiger partial charge is 0.262 e. The van der Waals surface area contributed by atoms with Crippen LogP contribution in [0.1, 0.15) is 53.8 Å². The summed E-state index contributed by atoms with van der Waals surface area (Å²) in [5, 5.41) is 5.38. The number of hydrogen-bond donors (Lipinski definition) is 3. The van der Waals surface area contributed by atoms with Gasteiger partial charge in [-0.15, -0.1) is 0 Å². The number of carbonyl (C=O) groups excluding carboxylic acids is 4. The van der Waals surface area contributed by atoms with Crippen LogP contribution >= 0.6 is 0 Å². The van der Waals surface area contributed by atoms with Gasteiger partial charge < -0.3 is 11.1 Å². The molecule has 4 amide bonds. The van der Waals surface area contributed by atoms with Gasteiger partial charge in [-0.05, 0) is 37.0 Å². The first-order valence-electron chi connectivity index (χ1n) is 9.13. The molecular weight excluding hydrogens is 348 g/mol. The predicted molar refractivity (Wildman–Crippen MR) is 99.0 cm³/mol. The highest BCUT2D eigenvalue weighted by molar-refractivity contribution is 6.23. The van der Waals surface area contributed by atoms with Gasteiger partial charge in [0.25, 0.3) is 11.8 Å². The molecular formula is C19H24N4O4. The first kappa shape index (κ1) is 19.0. The zero-order chi connectivity index (χ0) is 19.7. The van der Waals surface area contributed by atoms with Crippen LogP contribution < -0.4 is 16.4 Å². The maximum atomic E-state index is 12.8. The molecule has 2 unspecified atom stereocenters. The molecule has 0 radical (unpaired) electrons. The van der Waals surface area contributed by atoms with E-state index in [0.717, 1.165) is 11.3 Å². The highest BCUT2D eigenvalue weighted by atomic mass is 16.2. The molecule has 2 aliphatic heterocycles. The third-order valence-electron chi connectivity index (χ3n) is 4.78. The third kappa shape index (κ3) is 3.85. The van der Waals surface area contributed by atoms with Gasteiger partial charge in [-0.2, -0.15) is 0 Å². The number of amides is 4. The summed E-state index contributed by atoms with van der Waals surface area (Å²) >= 11 is 0. The molecule has 2 heterocycles. The Hall–Kier alpha value is -2.74. The molecule has 0 saturated carbocycles. The normalized spacial score (nSPS) is 20.7. The Morgan fingerprint density at radius 2 is 1.89 bits per heavy atom. The highest BCUT2D eigenvalue weighted by Crippen LogP contribution is 2.29. The lowest BCUT2D eigenvalue weighted by atomic mass is 10.0. The summed E-state index contributed by atoms with van der Waals surface area (Å²) in [6.45, 7) is 4.75. The fraction of sp³-hybridized carbons (Fsp3) is 0.474. The molecule has 4 N–H and O–H groups in total. The standard InChI is InChI=1S/C19H24N4O4/c1-10(2)7-11(20)9-21-12-3-4-13-14(8-12)19(27)23(18(13)26)15-5-6-16(24)22-17(15)25/h3-4,8,10-11,15,21H,5-7,9,20H2,1-2H3,(H,22,24,25). The average molecular weight is 372 g/mol. The number of imide groups is 2. The SMILES string of the molecule is CC(C)CC(N)CNc1ccc2c(c1)C(=O)N(C1CCC(=O)NC1=O)C2=O. The molecule has 2 atom stereocenters. The molecule has 1 aromatic rings. The second-order valence-electron chi connectivity index (χ2n) is 7.48. The van der Waals surface area contributed by atoms with Crippen molar-refractivity contribution in [1.82, 2.24) is 10.2 Å². The van der Waals surface area contributed by atoms with Crippen molar-refractivity contribution in [2.24, 2.45) is 11.7 Å². The number of nitrogens with two attached hydrogens (primary N) is 1. The first-order chi connectivity index (χ1) is 12.8. The van der Waals surface area contributed by atoms with Crippen LogP contribution in [0, 0.1) is 5.92 Å². The minimum atomic E-state index is -0.953. The van der Waals surface area contributed by atoms with E-state index in [1.54, 1.807) is 18.2 Å². The molecule has 1 saturated heterocycles. The monoisotopic (exact) mass is 372 g/mol. The van der Waals surface area contributed by atoms with Gasteiger partial charge in [0.15, 0.2) is 0 Å². The summed E-state index contributed by atoms with van der Waals surface area (Å²) in [7, 11) is 0. The summed E-state index contributed by atoms with van der Waals surface area (Å²) in [4.78, 5) is 49.7. The Morgan fingerprint density at radius 3 is 2.56 bits per heavy atom. The van der Waals surface area contributed by atoms with Crippen molar-refractivity contribution >= 4 is 29.3 Å². The number of nitrogens with zero attached hydrogens (tertiary/aromatic N) is 1. The van der Waals surface area contributed by atoms with Gasteiger partial charge in [0.1, 0.15) is 6.04 Å². The second-order valence-corrected chi connectivity index (χ2v) is 7.48. The van der Waals surface area contributed by atoms with E-state index >= 15 is 0 Å². The summed E-state index contributed by atoms with van der Waals surface area (Å²) in [5.74, 6) is -1.54. The van der Waals surface area contributed by atoms with E-state index in [2.05, 4.69) is 24.5 Å². The quantitative estimate of drug-likeness (QED) is 0.637. The van der Waals surface area contributed by atoms with Gasteiger partial charge in [-0.3, -0.25) is 29.4 Å². The van der Waals surface area contributed by atoms with Gasteiger partial charge in [-0.1, -0.05) is 13.8 Å². The van der Waals surface area contributed by atoms with Crippen LogP contribution in [-0.4, -0.2) is 47.2 Å². The minimum Gasteiger partial charge on any atom is -0.383 e. The molecule has 8 nitrogen and oxygen atoms in total. The summed E-state index contributed by atoms with van der Waals surface area (Å²) in [6.07, 6.45) is 1.12.